The minimum absolute atomic E-state index is 0.160. The number of benzene rings is 1. The van der Waals surface area contributed by atoms with Crippen LogP contribution in [0.4, 0.5) is 0 Å². The smallest absolute Gasteiger partial charge is 0.266 e. The van der Waals surface area contributed by atoms with Crippen molar-refractivity contribution in [3.05, 3.63) is 69.4 Å². The van der Waals surface area contributed by atoms with E-state index in [-0.39, 0.29) is 11.4 Å². The number of rotatable bonds is 3. The molecule has 0 unspecified atom stereocenters. The van der Waals surface area contributed by atoms with Crippen molar-refractivity contribution >= 4 is 46.4 Å². The number of hydrazine groups is 1. The highest BCUT2D eigenvalue weighted by molar-refractivity contribution is 7.13. The molecular weight excluding hydrogens is 383 g/mol. The van der Waals surface area contributed by atoms with Gasteiger partial charge in [0.05, 0.1) is 5.02 Å². The molecule has 0 fully saturated rings. The number of carbonyl (C=O) groups is 2. The first kappa shape index (κ1) is 17.3. The van der Waals surface area contributed by atoms with Crippen LogP contribution in [0.3, 0.4) is 0 Å². The summed E-state index contributed by atoms with van der Waals surface area (Å²) in [5, 5.41) is 3.10. The molecule has 9 heteroatoms. The molecule has 6 nitrogen and oxygen atoms in total. The Morgan fingerprint density at radius 1 is 1.00 bits per heavy atom. The van der Waals surface area contributed by atoms with Gasteiger partial charge in [-0.05, 0) is 30.3 Å². The molecule has 0 aliphatic carbocycles. The van der Waals surface area contributed by atoms with Crippen molar-refractivity contribution in [3.8, 4) is 10.6 Å². The maximum atomic E-state index is 12.1. The first-order valence-corrected chi connectivity index (χ1v) is 8.61. The lowest BCUT2D eigenvalue weighted by Gasteiger charge is -2.05. The number of nitrogens with zero attached hydrogens (tertiary/aromatic N) is 2. The molecule has 2 aromatic heterocycles. The van der Waals surface area contributed by atoms with E-state index in [9.17, 15) is 9.59 Å². The molecule has 1 aromatic carbocycles. The molecule has 0 aliphatic heterocycles. The van der Waals surface area contributed by atoms with Gasteiger partial charge in [-0.2, -0.15) is 0 Å². The molecule has 25 heavy (non-hydrogen) atoms. The van der Waals surface area contributed by atoms with E-state index < -0.39 is 11.8 Å². The highest BCUT2D eigenvalue weighted by Crippen LogP contribution is 2.32. The van der Waals surface area contributed by atoms with Gasteiger partial charge in [0.1, 0.15) is 16.4 Å². The van der Waals surface area contributed by atoms with Crippen molar-refractivity contribution in [1.29, 1.82) is 0 Å². The van der Waals surface area contributed by atoms with Gasteiger partial charge in [-0.15, -0.1) is 11.3 Å². The fourth-order valence-corrected chi connectivity index (χ4v) is 3.30. The second-order valence-electron chi connectivity index (χ2n) is 4.79. The van der Waals surface area contributed by atoms with Crippen LogP contribution in [0.2, 0.25) is 10.0 Å². The zero-order chi connectivity index (χ0) is 17.8. The van der Waals surface area contributed by atoms with E-state index in [2.05, 4.69) is 20.8 Å². The van der Waals surface area contributed by atoms with Gasteiger partial charge >= 0.3 is 0 Å². The normalized spacial score (nSPS) is 10.3. The summed E-state index contributed by atoms with van der Waals surface area (Å²) in [6.45, 7) is 0. The zero-order valence-corrected chi connectivity index (χ0v) is 14.8. The predicted molar refractivity (Wildman–Crippen MR) is 96.7 cm³/mol. The largest absolute Gasteiger partial charge is 0.289 e. The van der Waals surface area contributed by atoms with Gasteiger partial charge in [-0.25, -0.2) is 4.98 Å². The standard InChI is InChI=1S/C16H10Cl2N4O2S/c17-9-4-5-10(11(18)7-9)16-20-13(8-25-16)15(24)22-21-14(23)12-3-1-2-6-19-12/h1-8H,(H,21,23)(H,22,24). The number of pyridine rings is 1. The molecule has 0 bridgehead atoms. The predicted octanol–water partition coefficient (Wildman–Crippen LogP) is 3.59. The van der Waals surface area contributed by atoms with Crippen LogP contribution in [0.15, 0.2) is 48.0 Å². The van der Waals surface area contributed by atoms with E-state index in [1.807, 2.05) is 0 Å². The average Bonchev–Trinajstić information content (AvgIpc) is 3.10. The van der Waals surface area contributed by atoms with E-state index in [0.29, 0.717) is 20.6 Å². The van der Waals surface area contributed by atoms with Crippen LogP contribution in [0.5, 0.6) is 0 Å². The molecule has 0 saturated carbocycles. The molecule has 2 amide bonds. The van der Waals surface area contributed by atoms with Crippen molar-refractivity contribution in [3.63, 3.8) is 0 Å². The molecule has 126 valence electrons. The number of nitrogens with one attached hydrogen (secondary N) is 2. The summed E-state index contributed by atoms with van der Waals surface area (Å²) in [6.07, 6.45) is 1.49. The maximum absolute atomic E-state index is 12.1. The van der Waals surface area contributed by atoms with Crippen molar-refractivity contribution in [2.45, 2.75) is 0 Å². The minimum Gasteiger partial charge on any atom is -0.266 e. The lowest BCUT2D eigenvalue weighted by Crippen LogP contribution is -2.42. The SMILES string of the molecule is O=C(NNC(=O)c1csc(-c2ccc(Cl)cc2Cl)n1)c1ccccn1. The van der Waals surface area contributed by atoms with Crippen LogP contribution in [0.1, 0.15) is 21.0 Å². The Kier molecular flexibility index (Phi) is 5.28. The number of amides is 2. The first-order valence-electron chi connectivity index (χ1n) is 6.97. The Labute approximate surface area is 156 Å². The van der Waals surface area contributed by atoms with Gasteiger partial charge in [0.2, 0.25) is 0 Å². The van der Waals surface area contributed by atoms with E-state index in [4.69, 9.17) is 23.2 Å². The van der Waals surface area contributed by atoms with Gasteiger partial charge in [0.15, 0.2) is 0 Å². The number of aromatic nitrogens is 2. The lowest BCUT2D eigenvalue weighted by molar-refractivity contribution is 0.0841. The number of hydrogen-bond donors (Lipinski definition) is 2. The molecule has 2 heterocycles. The molecule has 0 aliphatic rings. The highest BCUT2D eigenvalue weighted by Gasteiger charge is 2.15. The molecular formula is C16H10Cl2N4O2S. The monoisotopic (exact) mass is 392 g/mol. The topological polar surface area (TPSA) is 84.0 Å². The van der Waals surface area contributed by atoms with Crippen molar-refractivity contribution < 1.29 is 9.59 Å². The third-order valence-electron chi connectivity index (χ3n) is 3.09. The summed E-state index contributed by atoms with van der Waals surface area (Å²) in [5.41, 5.74) is 5.61. The second kappa shape index (κ2) is 7.60. The van der Waals surface area contributed by atoms with Gasteiger partial charge in [0.25, 0.3) is 11.8 Å². The molecule has 0 radical (unpaired) electrons. The molecule has 3 aromatic rings. The Morgan fingerprint density at radius 2 is 1.76 bits per heavy atom. The van der Waals surface area contributed by atoms with Crippen molar-refractivity contribution in [1.82, 2.24) is 20.8 Å². The van der Waals surface area contributed by atoms with E-state index in [1.54, 1.807) is 35.7 Å². The number of halogens is 2. The van der Waals surface area contributed by atoms with Crippen LogP contribution in [-0.4, -0.2) is 21.8 Å². The van der Waals surface area contributed by atoms with Crippen LogP contribution in [0, 0.1) is 0 Å². The van der Waals surface area contributed by atoms with Crippen LogP contribution >= 0.6 is 34.5 Å². The van der Waals surface area contributed by atoms with E-state index in [0.717, 1.165) is 0 Å². The minimum atomic E-state index is -0.545. The summed E-state index contributed by atoms with van der Waals surface area (Å²) in [6, 6.07) is 9.92. The van der Waals surface area contributed by atoms with Crippen molar-refractivity contribution in [2.24, 2.45) is 0 Å². The summed E-state index contributed by atoms with van der Waals surface area (Å²) in [4.78, 5) is 32.1. The van der Waals surface area contributed by atoms with E-state index in [1.165, 1.54) is 23.6 Å². The fraction of sp³-hybridized carbons (Fsp3) is 0. The van der Waals surface area contributed by atoms with Crippen LogP contribution in [-0.2, 0) is 0 Å². The molecule has 0 saturated heterocycles. The van der Waals surface area contributed by atoms with Crippen LogP contribution in [0.25, 0.3) is 10.6 Å². The first-order chi connectivity index (χ1) is 12.0. The number of thiazole rings is 1. The van der Waals surface area contributed by atoms with Gasteiger partial charge in [-0.3, -0.25) is 25.4 Å². The lowest BCUT2D eigenvalue weighted by atomic mass is 10.2. The third kappa shape index (κ3) is 4.14. The van der Waals surface area contributed by atoms with Gasteiger partial charge in [-0.1, -0.05) is 29.3 Å². The summed E-state index contributed by atoms with van der Waals surface area (Å²) in [7, 11) is 0. The Balaban J connectivity index is 1.68. The average molecular weight is 393 g/mol. The second-order valence-corrected chi connectivity index (χ2v) is 6.49. The molecule has 0 atom stereocenters. The van der Waals surface area contributed by atoms with Gasteiger partial charge < -0.3 is 0 Å². The number of carbonyl (C=O) groups excluding carboxylic acids is 2. The number of hydrogen-bond acceptors (Lipinski definition) is 5. The molecule has 0 spiro atoms. The molecule has 3 rings (SSSR count). The summed E-state index contributed by atoms with van der Waals surface area (Å²) < 4.78 is 0. The molecule has 2 N–H and O–H groups in total. The van der Waals surface area contributed by atoms with Crippen molar-refractivity contribution in [2.75, 3.05) is 0 Å². The van der Waals surface area contributed by atoms with Gasteiger partial charge in [0, 0.05) is 22.2 Å². The fourth-order valence-electron chi connectivity index (χ4n) is 1.90. The van der Waals surface area contributed by atoms with Crippen LogP contribution < -0.4 is 10.9 Å². The Hall–Kier alpha value is -2.48. The Morgan fingerprint density at radius 3 is 2.44 bits per heavy atom. The zero-order valence-electron chi connectivity index (χ0n) is 12.5. The van der Waals surface area contributed by atoms with E-state index >= 15 is 0 Å². The Bertz CT molecular complexity index is 931. The summed E-state index contributed by atoms with van der Waals surface area (Å²) >= 11 is 13.3. The third-order valence-corrected chi connectivity index (χ3v) is 4.51. The highest BCUT2D eigenvalue weighted by atomic mass is 35.5. The maximum Gasteiger partial charge on any atom is 0.289 e. The quantitative estimate of drug-likeness (QED) is 0.667. The summed E-state index contributed by atoms with van der Waals surface area (Å²) in [5.74, 6) is -1.07.